The smallest absolute Gasteiger partial charge is 0.164 e. The quantitative estimate of drug-likeness (QED) is 0.219. The number of carbonyl (C=O) groups excluding carboxylic acids is 2. The molecule has 4 aromatic rings. The van der Waals surface area contributed by atoms with Crippen molar-refractivity contribution in [1.82, 2.24) is 0 Å². The number of benzene rings is 4. The van der Waals surface area contributed by atoms with E-state index in [0.717, 1.165) is 11.1 Å². The van der Waals surface area contributed by atoms with E-state index in [1.165, 1.54) is 11.1 Å². The second-order valence-corrected chi connectivity index (χ2v) is 12.7. The highest BCUT2D eigenvalue weighted by molar-refractivity contribution is 6.00. The maximum absolute atomic E-state index is 13.9. The van der Waals surface area contributed by atoms with Gasteiger partial charge in [-0.3, -0.25) is 9.59 Å². The van der Waals surface area contributed by atoms with E-state index in [0.29, 0.717) is 11.1 Å². The molecule has 0 aromatic heterocycles. The van der Waals surface area contributed by atoms with Gasteiger partial charge in [-0.1, -0.05) is 151 Å². The van der Waals surface area contributed by atoms with Crippen LogP contribution in [0.3, 0.4) is 0 Å². The van der Waals surface area contributed by atoms with Crippen LogP contribution < -0.4 is 0 Å². The Balaban J connectivity index is 1.78. The average molecular weight is 517 g/mol. The largest absolute Gasteiger partial charge is 0.294 e. The fourth-order valence-electron chi connectivity index (χ4n) is 5.22. The molecule has 2 nitrogen and oxygen atoms in total. The second-order valence-electron chi connectivity index (χ2n) is 12.7. The van der Waals surface area contributed by atoms with Crippen LogP contribution in [-0.4, -0.2) is 11.6 Å². The van der Waals surface area contributed by atoms with E-state index in [4.69, 9.17) is 0 Å². The number of hydrogen-bond acceptors (Lipinski definition) is 2. The van der Waals surface area contributed by atoms with Crippen LogP contribution in [-0.2, 0) is 16.2 Å². The topological polar surface area (TPSA) is 34.1 Å². The van der Waals surface area contributed by atoms with Gasteiger partial charge in [0, 0.05) is 29.4 Å². The first kappa shape index (κ1) is 28.2. The molecule has 0 amide bonds. The Bertz CT molecular complexity index is 1290. The van der Waals surface area contributed by atoms with E-state index in [9.17, 15) is 9.59 Å². The SMILES string of the molecule is CC(C)(C)c1ccc(C(=O)CC(CC(=O)c2ccc(C(C)(C)C)cc2)(c2ccccc2)c2ccccc2)cc1. The summed E-state index contributed by atoms with van der Waals surface area (Å²) in [6.45, 7) is 13.0. The van der Waals surface area contributed by atoms with Crippen molar-refractivity contribution in [3.05, 3.63) is 143 Å². The summed E-state index contributed by atoms with van der Waals surface area (Å²) in [7, 11) is 0. The highest BCUT2D eigenvalue weighted by Crippen LogP contribution is 2.41. The highest BCUT2D eigenvalue weighted by Gasteiger charge is 2.39. The number of Topliss-reactive ketones (excluding diaryl/α,β-unsaturated/α-hetero) is 2. The molecule has 0 aliphatic carbocycles. The molecular weight excluding hydrogens is 476 g/mol. The molecular formula is C37H40O2. The van der Waals surface area contributed by atoms with Crippen molar-refractivity contribution in [2.75, 3.05) is 0 Å². The van der Waals surface area contributed by atoms with E-state index in [1.807, 2.05) is 109 Å². The second kappa shape index (κ2) is 11.1. The van der Waals surface area contributed by atoms with Crippen molar-refractivity contribution in [2.45, 2.75) is 70.6 Å². The van der Waals surface area contributed by atoms with Gasteiger partial charge in [0.25, 0.3) is 0 Å². The third-order valence-electron chi connectivity index (χ3n) is 7.72. The Morgan fingerprint density at radius 2 is 0.744 bits per heavy atom. The predicted octanol–water partition coefficient (Wildman–Crippen LogP) is 9.11. The van der Waals surface area contributed by atoms with Gasteiger partial charge in [-0.25, -0.2) is 0 Å². The summed E-state index contributed by atoms with van der Waals surface area (Å²) in [5, 5.41) is 0. The third kappa shape index (κ3) is 6.45. The standard InChI is InChI=1S/C37H40O2/c1-35(2,3)29-21-17-27(18-22-29)33(38)25-37(31-13-9-7-10-14-31,32-15-11-8-12-16-32)26-34(39)28-19-23-30(24-20-28)36(4,5)6/h7-24H,25-26H2,1-6H3. The molecule has 0 fully saturated rings. The van der Waals surface area contributed by atoms with Gasteiger partial charge in [-0.2, -0.15) is 0 Å². The molecule has 0 N–H and O–H groups in total. The predicted molar refractivity (Wildman–Crippen MR) is 162 cm³/mol. The first-order valence-electron chi connectivity index (χ1n) is 13.8. The van der Waals surface area contributed by atoms with Crippen LogP contribution >= 0.6 is 0 Å². The van der Waals surface area contributed by atoms with Gasteiger partial charge in [-0.05, 0) is 33.1 Å². The van der Waals surface area contributed by atoms with Crippen molar-refractivity contribution in [3.63, 3.8) is 0 Å². The molecule has 0 bridgehead atoms. The zero-order valence-corrected chi connectivity index (χ0v) is 24.1. The van der Waals surface area contributed by atoms with Crippen molar-refractivity contribution in [1.29, 1.82) is 0 Å². The molecule has 39 heavy (non-hydrogen) atoms. The van der Waals surface area contributed by atoms with Gasteiger partial charge in [-0.15, -0.1) is 0 Å². The maximum Gasteiger partial charge on any atom is 0.164 e. The lowest BCUT2D eigenvalue weighted by Gasteiger charge is -2.34. The van der Waals surface area contributed by atoms with Crippen molar-refractivity contribution < 1.29 is 9.59 Å². The first-order valence-corrected chi connectivity index (χ1v) is 13.8. The molecule has 0 atom stereocenters. The monoisotopic (exact) mass is 516 g/mol. The maximum atomic E-state index is 13.9. The molecule has 0 saturated heterocycles. The van der Waals surface area contributed by atoms with Crippen LogP contribution in [0.5, 0.6) is 0 Å². The summed E-state index contributed by atoms with van der Waals surface area (Å²) in [6.07, 6.45) is 0.392. The van der Waals surface area contributed by atoms with E-state index in [1.54, 1.807) is 0 Å². The molecule has 4 aromatic carbocycles. The van der Waals surface area contributed by atoms with Gasteiger partial charge >= 0.3 is 0 Å². The summed E-state index contributed by atoms with van der Waals surface area (Å²) in [4.78, 5) is 27.9. The summed E-state index contributed by atoms with van der Waals surface area (Å²) >= 11 is 0. The summed E-state index contributed by atoms with van der Waals surface area (Å²) in [5.41, 5.74) is 4.86. The Hall–Kier alpha value is -3.78. The van der Waals surface area contributed by atoms with Crippen LogP contribution in [0.4, 0.5) is 0 Å². The summed E-state index contributed by atoms with van der Waals surface area (Å²) in [5.74, 6) is 0.0538. The average Bonchev–Trinajstić information content (AvgIpc) is 2.92. The molecule has 4 rings (SSSR count). The van der Waals surface area contributed by atoms with Crippen molar-refractivity contribution in [3.8, 4) is 0 Å². The fourth-order valence-corrected chi connectivity index (χ4v) is 5.22. The minimum Gasteiger partial charge on any atom is -0.294 e. The van der Waals surface area contributed by atoms with Crippen LogP contribution in [0.25, 0.3) is 0 Å². The van der Waals surface area contributed by atoms with Gasteiger partial charge in [0.15, 0.2) is 11.6 Å². The molecule has 200 valence electrons. The zero-order valence-electron chi connectivity index (χ0n) is 24.1. The Labute approximate surface area is 234 Å². The van der Waals surface area contributed by atoms with Crippen LogP contribution in [0.2, 0.25) is 0 Å². The van der Waals surface area contributed by atoms with Gasteiger partial charge in [0.1, 0.15) is 0 Å². The number of ketones is 2. The van der Waals surface area contributed by atoms with E-state index in [2.05, 4.69) is 41.5 Å². The molecule has 0 unspecified atom stereocenters. The lowest BCUT2D eigenvalue weighted by atomic mass is 9.67. The lowest BCUT2D eigenvalue weighted by Crippen LogP contribution is -2.34. The number of hydrogen-bond donors (Lipinski definition) is 0. The third-order valence-corrected chi connectivity index (χ3v) is 7.72. The normalized spacial score (nSPS) is 12.3. The summed E-state index contributed by atoms with van der Waals surface area (Å²) < 4.78 is 0. The van der Waals surface area contributed by atoms with Crippen LogP contribution in [0, 0.1) is 0 Å². The minimum absolute atomic E-state index is 0.00830. The molecule has 2 heteroatoms. The molecule has 0 spiro atoms. The van der Waals surface area contributed by atoms with Gasteiger partial charge in [0.05, 0.1) is 0 Å². The van der Waals surface area contributed by atoms with E-state index in [-0.39, 0.29) is 35.2 Å². The summed E-state index contributed by atoms with van der Waals surface area (Å²) in [6, 6.07) is 35.9. The van der Waals surface area contributed by atoms with Gasteiger partial charge < -0.3 is 0 Å². The molecule has 0 saturated carbocycles. The van der Waals surface area contributed by atoms with Gasteiger partial charge in [0.2, 0.25) is 0 Å². The van der Waals surface area contributed by atoms with Crippen molar-refractivity contribution >= 4 is 11.6 Å². The van der Waals surface area contributed by atoms with E-state index < -0.39 is 5.41 Å². The number of carbonyl (C=O) groups is 2. The Morgan fingerprint density at radius 3 is 1.03 bits per heavy atom. The minimum atomic E-state index is -0.803. The number of rotatable bonds is 8. The lowest BCUT2D eigenvalue weighted by molar-refractivity contribution is 0.0916. The zero-order chi connectivity index (χ0) is 28.3. The fraction of sp³-hybridized carbons (Fsp3) is 0.297. The molecule has 0 radical (unpaired) electrons. The van der Waals surface area contributed by atoms with Crippen molar-refractivity contribution in [2.24, 2.45) is 0 Å². The highest BCUT2D eigenvalue weighted by atomic mass is 16.1. The van der Waals surface area contributed by atoms with Crippen LogP contribution in [0.15, 0.2) is 109 Å². The first-order chi connectivity index (χ1) is 18.4. The molecule has 0 aliphatic rings. The molecule has 0 aliphatic heterocycles. The molecule has 0 heterocycles. The van der Waals surface area contributed by atoms with E-state index >= 15 is 0 Å². The van der Waals surface area contributed by atoms with Crippen LogP contribution in [0.1, 0.15) is 97.4 Å². The Kier molecular flexibility index (Phi) is 8.07. The Morgan fingerprint density at radius 1 is 0.436 bits per heavy atom.